The Hall–Kier alpha value is -3.62. The lowest BCUT2D eigenvalue weighted by Gasteiger charge is -2.13. The van der Waals surface area contributed by atoms with Gasteiger partial charge in [0.15, 0.2) is 11.6 Å². The number of pyridine rings is 1. The number of anilines is 1. The van der Waals surface area contributed by atoms with Crippen LogP contribution in [0.4, 0.5) is 10.2 Å². The van der Waals surface area contributed by atoms with Crippen LogP contribution in [0, 0.1) is 5.82 Å². The van der Waals surface area contributed by atoms with Crippen LogP contribution in [0.5, 0.6) is 0 Å². The van der Waals surface area contributed by atoms with Gasteiger partial charge in [0.1, 0.15) is 18.0 Å². The molecule has 9 heteroatoms. The van der Waals surface area contributed by atoms with Crippen LogP contribution in [0.2, 0.25) is 0 Å². The summed E-state index contributed by atoms with van der Waals surface area (Å²) in [7, 11) is 1.89. The number of halogens is 1. The van der Waals surface area contributed by atoms with E-state index in [2.05, 4.69) is 30.6 Å². The lowest BCUT2D eigenvalue weighted by Crippen LogP contribution is -2.12. The van der Waals surface area contributed by atoms with Gasteiger partial charge in [0.25, 0.3) is 5.89 Å². The van der Waals surface area contributed by atoms with Crippen molar-refractivity contribution in [3.63, 3.8) is 0 Å². The highest BCUT2D eigenvalue weighted by atomic mass is 19.1. The molecule has 1 aromatic carbocycles. The van der Waals surface area contributed by atoms with Gasteiger partial charge in [-0.1, -0.05) is 17.3 Å². The lowest BCUT2D eigenvalue weighted by molar-refractivity contribution is 0.424. The van der Waals surface area contributed by atoms with E-state index in [4.69, 9.17) is 4.52 Å². The Bertz CT molecular complexity index is 1060. The summed E-state index contributed by atoms with van der Waals surface area (Å²) in [4.78, 5) is 8.79. The molecule has 0 saturated heterocycles. The maximum absolute atomic E-state index is 13.0. The Labute approximate surface area is 160 Å². The van der Waals surface area contributed by atoms with Gasteiger partial charge < -0.3 is 14.4 Å². The van der Waals surface area contributed by atoms with Crippen LogP contribution in [0.25, 0.3) is 11.5 Å². The molecule has 0 bridgehead atoms. The molecule has 0 amide bonds. The van der Waals surface area contributed by atoms with Crippen LogP contribution in [0.1, 0.15) is 30.2 Å². The van der Waals surface area contributed by atoms with Gasteiger partial charge in [0, 0.05) is 19.7 Å². The Morgan fingerprint density at radius 3 is 2.68 bits per heavy atom. The molecule has 1 N–H and O–H groups in total. The van der Waals surface area contributed by atoms with Crippen LogP contribution in [0.3, 0.4) is 0 Å². The molecule has 3 heterocycles. The van der Waals surface area contributed by atoms with Crippen LogP contribution in [-0.4, -0.2) is 29.9 Å². The van der Waals surface area contributed by atoms with Gasteiger partial charge in [-0.3, -0.25) is 0 Å². The summed E-state index contributed by atoms with van der Waals surface area (Å²) >= 11 is 0. The standard InChI is InChI=1S/C19H18FN7O/c1-12(18-25-22-11-27(18)2)23-16-8-5-14(10-21-16)19-24-17(26-28-19)9-13-3-6-15(20)7-4-13/h3-8,10-12H,9H2,1-2H3,(H,21,23)/t12-/m1/s1. The van der Waals surface area contributed by atoms with E-state index in [0.717, 1.165) is 17.0 Å². The zero-order valence-corrected chi connectivity index (χ0v) is 15.4. The molecule has 4 aromatic rings. The average molecular weight is 379 g/mol. The Morgan fingerprint density at radius 2 is 2.00 bits per heavy atom. The second kappa shape index (κ2) is 7.55. The smallest absolute Gasteiger partial charge is 0.259 e. The zero-order valence-electron chi connectivity index (χ0n) is 15.4. The summed E-state index contributed by atoms with van der Waals surface area (Å²) in [5, 5.41) is 15.2. The second-order valence-electron chi connectivity index (χ2n) is 6.42. The molecule has 0 spiro atoms. The maximum atomic E-state index is 13.0. The topological polar surface area (TPSA) is 94.6 Å². The van der Waals surface area contributed by atoms with Crippen molar-refractivity contribution in [2.24, 2.45) is 7.05 Å². The van der Waals surface area contributed by atoms with Crippen molar-refractivity contribution in [3.8, 4) is 11.5 Å². The molecule has 4 rings (SSSR count). The SMILES string of the molecule is C[C@@H](Nc1ccc(-c2nc(Cc3ccc(F)cc3)no2)cn1)c1nncn1C. The molecular formula is C19H18FN7O. The molecule has 0 aliphatic heterocycles. The first-order chi connectivity index (χ1) is 13.6. The van der Waals surface area contributed by atoms with E-state index in [1.54, 1.807) is 24.7 Å². The van der Waals surface area contributed by atoms with E-state index in [-0.39, 0.29) is 11.9 Å². The van der Waals surface area contributed by atoms with E-state index in [1.165, 1.54) is 12.1 Å². The van der Waals surface area contributed by atoms with E-state index in [9.17, 15) is 4.39 Å². The summed E-state index contributed by atoms with van der Waals surface area (Å²) in [6.45, 7) is 1.99. The second-order valence-corrected chi connectivity index (χ2v) is 6.42. The van der Waals surface area contributed by atoms with Crippen LogP contribution in [0.15, 0.2) is 53.4 Å². The minimum Gasteiger partial charge on any atom is -0.360 e. The van der Waals surface area contributed by atoms with Crippen molar-refractivity contribution in [2.75, 3.05) is 5.32 Å². The highest BCUT2D eigenvalue weighted by molar-refractivity contribution is 5.54. The number of hydrogen-bond acceptors (Lipinski definition) is 7. The van der Waals surface area contributed by atoms with E-state index >= 15 is 0 Å². The Balaban J connectivity index is 1.43. The first-order valence-corrected chi connectivity index (χ1v) is 8.72. The molecule has 0 radical (unpaired) electrons. The fourth-order valence-electron chi connectivity index (χ4n) is 2.80. The van der Waals surface area contributed by atoms with Gasteiger partial charge in [0.2, 0.25) is 0 Å². The summed E-state index contributed by atoms with van der Waals surface area (Å²) in [6, 6.07) is 9.87. The average Bonchev–Trinajstić information content (AvgIpc) is 3.33. The third kappa shape index (κ3) is 3.88. The molecule has 1 atom stereocenters. The van der Waals surface area contributed by atoms with Crippen molar-refractivity contribution < 1.29 is 8.91 Å². The highest BCUT2D eigenvalue weighted by Crippen LogP contribution is 2.21. The summed E-state index contributed by atoms with van der Waals surface area (Å²) in [5.74, 6) is 2.15. The number of benzene rings is 1. The minimum atomic E-state index is -0.272. The molecule has 0 unspecified atom stereocenters. The van der Waals surface area contributed by atoms with Crippen LogP contribution >= 0.6 is 0 Å². The molecular weight excluding hydrogens is 361 g/mol. The molecule has 0 saturated carbocycles. The van der Waals surface area contributed by atoms with Gasteiger partial charge in [-0.15, -0.1) is 10.2 Å². The minimum absolute atomic E-state index is 0.0448. The molecule has 0 fully saturated rings. The number of rotatable bonds is 6. The van der Waals surface area contributed by atoms with E-state index < -0.39 is 0 Å². The van der Waals surface area contributed by atoms with Crippen molar-refractivity contribution in [1.82, 2.24) is 29.9 Å². The first kappa shape index (κ1) is 17.8. The number of nitrogens with zero attached hydrogens (tertiary/aromatic N) is 6. The first-order valence-electron chi connectivity index (χ1n) is 8.72. The van der Waals surface area contributed by atoms with Crippen molar-refractivity contribution in [2.45, 2.75) is 19.4 Å². The number of hydrogen-bond donors (Lipinski definition) is 1. The van der Waals surface area contributed by atoms with Crippen LogP contribution < -0.4 is 5.32 Å². The molecule has 142 valence electrons. The number of aromatic nitrogens is 6. The quantitative estimate of drug-likeness (QED) is 0.550. The molecule has 3 aromatic heterocycles. The third-order valence-corrected chi connectivity index (χ3v) is 4.25. The van der Waals surface area contributed by atoms with Gasteiger partial charge in [-0.2, -0.15) is 4.98 Å². The fraction of sp³-hybridized carbons (Fsp3) is 0.211. The number of nitrogens with one attached hydrogen (secondary N) is 1. The maximum Gasteiger partial charge on any atom is 0.259 e. The van der Waals surface area contributed by atoms with Crippen molar-refractivity contribution >= 4 is 5.82 Å². The summed E-state index contributed by atoms with van der Waals surface area (Å²) in [6.07, 6.45) is 3.79. The molecule has 0 aliphatic rings. The predicted molar refractivity (Wildman–Crippen MR) is 99.8 cm³/mol. The zero-order chi connectivity index (χ0) is 19.5. The molecule has 0 aliphatic carbocycles. The fourth-order valence-corrected chi connectivity index (χ4v) is 2.80. The van der Waals surface area contributed by atoms with E-state index in [0.29, 0.717) is 24.0 Å². The summed E-state index contributed by atoms with van der Waals surface area (Å²) < 4.78 is 20.2. The third-order valence-electron chi connectivity index (χ3n) is 4.25. The lowest BCUT2D eigenvalue weighted by atomic mass is 10.1. The van der Waals surface area contributed by atoms with E-state index in [1.807, 2.05) is 30.7 Å². The monoisotopic (exact) mass is 379 g/mol. The van der Waals surface area contributed by atoms with Crippen molar-refractivity contribution in [3.05, 3.63) is 72.0 Å². The van der Waals surface area contributed by atoms with Gasteiger partial charge in [0.05, 0.1) is 11.6 Å². The predicted octanol–water partition coefficient (Wildman–Crippen LogP) is 3.16. The Kier molecular flexibility index (Phi) is 4.79. The number of aryl methyl sites for hydroxylation is 1. The highest BCUT2D eigenvalue weighted by Gasteiger charge is 2.13. The van der Waals surface area contributed by atoms with Gasteiger partial charge >= 0.3 is 0 Å². The van der Waals surface area contributed by atoms with Crippen LogP contribution in [-0.2, 0) is 13.5 Å². The van der Waals surface area contributed by atoms with Crippen molar-refractivity contribution in [1.29, 1.82) is 0 Å². The normalized spacial score (nSPS) is 12.1. The molecule has 28 heavy (non-hydrogen) atoms. The summed E-state index contributed by atoms with van der Waals surface area (Å²) in [5.41, 5.74) is 1.62. The van der Waals surface area contributed by atoms with Gasteiger partial charge in [-0.25, -0.2) is 9.37 Å². The largest absolute Gasteiger partial charge is 0.360 e. The van der Waals surface area contributed by atoms with Gasteiger partial charge in [-0.05, 0) is 36.8 Å². The molecule has 8 nitrogen and oxygen atoms in total. The Morgan fingerprint density at radius 1 is 1.18 bits per heavy atom.